The van der Waals surface area contributed by atoms with Crippen LogP contribution in [0.2, 0.25) is 0 Å². The van der Waals surface area contributed by atoms with E-state index in [1.54, 1.807) is 0 Å². The number of fused-ring (bicyclic) bond motifs is 1. The van der Waals surface area contributed by atoms with Crippen LogP contribution in [-0.4, -0.2) is 47.9 Å². The first-order valence-electron chi connectivity index (χ1n) is 8.67. The van der Waals surface area contributed by atoms with Crippen LogP contribution in [0.5, 0.6) is 0 Å². The van der Waals surface area contributed by atoms with E-state index in [0.717, 1.165) is 6.54 Å². The van der Waals surface area contributed by atoms with Gasteiger partial charge in [-0.3, -0.25) is 4.68 Å². The molecule has 2 heterocycles. The van der Waals surface area contributed by atoms with Gasteiger partial charge in [0.15, 0.2) is 0 Å². The van der Waals surface area contributed by atoms with Crippen molar-refractivity contribution >= 4 is 10.9 Å². The Morgan fingerprint density at radius 3 is 2.77 bits per heavy atom. The third-order valence-electron chi connectivity index (χ3n) is 4.81. The average Bonchev–Trinajstić information content (AvgIpc) is 2.99. The van der Waals surface area contributed by atoms with E-state index in [2.05, 4.69) is 44.3 Å². The molecule has 4 nitrogen and oxygen atoms in total. The highest BCUT2D eigenvalue weighted by molar-refractivity contribution is 5.78. The zero-order valence-electron chi connectivity index (χ0n) is 13.7. The fourth-order valence-electron chi connectivity index (χ4n) is 3.48. The second kappa shape index (κ2) is 7.75. The molecule has 120 valence electrons. The molecule has 22 heavy (non-hydrogen) atoms. The Balaban J connectivity index is 1.47. The molecule has 0 amide bonds. The van der Waals surface area contributed by atoms with Crippen molar-refractivity contribution in [3.63, 3.8) is 0 Å². The standard InChI is InChI=1S/C18H28N4/c1-19-11-5-2-6-12-21-13-9-17(10-14-21)22-18-8-4-3-7-16(18)15-20-22/h3-4,7-8,15,17,19H,2,5-6,9-14H2,1H3. The number of benzene rings is 1. The van der Waals surface area contributed by atoms with Gasteiger partial charge in [0.1, 0.15) is 0 Å². The van der Waals surface area contributed by atoms with E-state index in [1.165, 1.54) is 62.6 Å². The van der Waals surface area contributed by atoms with Crippen molar-refractivity contribution in [2.75, 3.05) is 33.2 Å². The molecule has 0 bridgehead atoms. The first kappa shape index (κ1) is 15.5. The fraction of sp³-hybridized carbons (Fsp3) is 0.611. The number of unbranched alkanes of at least 4 members (excludes halogenated alkanes) is 2. The summed E-state index contributed by atoms with van der Waals surface area (Å²) in [6, 6.07) is 9.11. The largest absolute Gasteiger partial charge is 0.320 e. The average molecular weight is 300 g/mol. The number of rotatable bonds is 7. The molecule has 1 N–H and O–H groups in total. The van der Waals surface area contributed by atoms with Crippen LogP contribution >= 0.6 is 0 Å². The molecule has 1 aliphatic rings. The van der Waals surface area contributed by atoms with Gasteiger partial charge in [0.25, 0.3) is 0 Å². The van der Waals surface area contributed by atoms with Crippen molar-refractivity contribution in [1.29, 1.82) is 0 Å². The lowest BCUT2D eigenvalue weighted by Gasteiger charge is -2.32. The maximum atomic E-state index is 4.63. The summed E-state index contributed by atoms with van der Waals surface area (Å²) in [7, 11) is 2.03. The number of nitrogens with one attached hydrogen (secondary N) is 1. The van der Waals surface area contributed by atoms with Crippen molar-refractivity contribution in [3.05, 3.63) is 30.5 Å². The normalized spacial score (nSPS) is 17.3. The van der Waals surface area contributed by atoms with E-state index in [0.29, 0.717) is 6.04 Å². The second-order valence-corrected chi connectivity index (χ2v) is 6.38. The molecular formula is C18H28N4. The summed E-state index contributed by atoms with van der Waals surface area (Å²) >= 11 is 0. The molecule has 1 aromatic carbocycles. The number of hydrogen-bond donors (Lipinski definition) is 1. The van der Waals surface area contributed by atoms with Gasteiger partial charge in [-0.2, -0.15) is 5.10 Å². The highest BCUT2D eigenvalue weighted by Gasteiger charge is 2.21. The number of hydrogen-bond acceptors (Lipinski definition) is 3. The Morgan fingerprint density at radius 2 is 1.95 bits per heavy atom. The Kier molecular flexibility index (Phi) is 5.46. The van der Waals surface area contributed by atoms with Crippen LogP contribution in [-0.2, 0) is 0 Å². The number of piperidine rings is 1. The Bertz CT molecular complexity index is 569. The van der Waals surface area contributed by atoms with Crippen LogP contribution in [0.3, 0.4) is 0 Å². The van der Waals surface area contributed by atoms with Crippen molar-refractivity contribution in [3.8, 4) is 0 Å². The maximum Gasteiger partial charge on any atom is 0.0685 e. The van der Waals surface area contributed by atoms with Crippen molar-refractivity contribution in [1.82, 2.24) is 20.0 Å². The van der Waals surface area contributed by atoms with Gasteiger partial charge in [-0.15, -0.1) is 0 Å². The van der Waals surface area contributed by atoms with E-state index in [-0.39, 0.29) is 0 Å². The zero-order valence-corrected chi connectivity index (χ0v) is 13.7. The van der Waals surface area contributed by atoms with Crippen molar-refractivity contribution in [2.45, 2.75) is 38.1 Å². The first-order valence-corrected chi connectivity index (χ1v) is 8.67. The van der Waals surface area contributed by atoms with E-state index >= 15 is 0 Å². The molecule has 0 atom stereocenters. The fourth-order valence-corrected chi connectivity index (χ4v) is 3.48. The monoisotopic (exact) mass is 300 g/mol. The van der Waals surface area contributed by atoms with Gasteiger partial charge < -0.3 is 10.2 Å². The lowest BCUT2D eigenvalue weighted by atomic mass is 10.0. The molecular weight excluding hydrogens is 272 g/mol. The van der Waals surface area contributed by atoms with Crippen LogP contribution in [0, 0.1) is 0 Å². The summed E-state index contributed by atoms with van der Waals surface area (Å²) in [6.45, 7) is 4.83. The predicted molar refractivity (Wildman–Crippen MR) is 92.2 cm³/mol. The third kappa shape index (κ3) is 3.68. The summed E-state index contributed by atoms with van der Waals surface area (Å²) < 4.78 is 2.25. The van der Waals surface area contributed by atoms with Gasteiger partial charge in [0.2, 0.25) is 0 Å². The molecule has 0 aliphatic carbocycles. The maximum absolute atomic E-state index is 4.63. The number of aromatic nitrogens is 2. The molecule has 1 aromatic heterocycles. The minimum absolute atomic E-state index is 0.570. The molecule has 0 spiro atoms. The topological polar surface area (TPSA) is 33.1 Å². The molecule has 1 fully saturated rings. The highest BCUT2D eigenvalue weighted by Crippen LogP contribution is 2.26. The minimum Gasteiger partial charge on any atom is -0.320 e. The summed E-state index contributed by atoms with van der Waals surface area (Å²) in [5, 5.41) is 9.11. The molecule has 1 saturated heterocycles. The molecule has 2 aromatic rings. The summed E-state index contributed by atoms with van der Waals surface area (Å²) in [4.78, 5) is 2.63. The quantitative estimate of drug-likeness (QED) is 0.798. The third-order valence-corrected chi connectivity index (χ3v) is 4.81. The van der Waals surface area contributed by atoms with Gasteiger partial charge >= 0.3 is 0 Å². The molecule has 3 rings (SSSR count). The first-order chi connectivity index (χ1) is 10.9. The molecule has 1 aliphatic heterocycles. The van der Waals surface area contributed by atoms with Crippen LogP contribution in [0.15, 0.2) is 30.5 Å². The SMILES string of the molecule is CNCCCCCN1CCC(n2ncc3ccccc32)CC1. The van der Waals surface area contributed by atoms with Crippen LogP contribution in [0.4, 0.5) is 0 Å². The number of likely N-dealkylation sites (tertiary alicyclic amines) is 1. The van der Waals surface area contributed by atoms with Gasteiger partial charge in [-0.25, -0.2) is 0 Å². The van der Waals surface area contributed by atoms with Gasteiger partial charge in [0, 0.05) is 18.5 Å². The Labute approximate surface area is 133 Å². The summed E-state index contributed by atoms with van der Waals surface area (Å²) in [6.07, 6.45) is 8.42. The second-order valence-electron chi connectivity index (χ2n) is 6.38. The van der Waals surface area contributed by atoms with Crippen molar-refractivity contribution in [2.24, 2.45) is 0 Å². The lowest BCUT2D eigenvalue weighted by molar-refractivity contribution is 0.179. The summed E-state index contributed by atoms with van der Waals surface area (Å²) in [5.74, 6) is 0. The molecule has 0 radical (unpaired) electrons. The molecule has 4 heteroatoms. The van der Waals surface area contributed by atoms with Crippen molar-refractivity contribution < 1.29 is 0 Å². The van der Waals surface area contributed by atoms with E-state index < -0.39 is 0 Å². The van der Waals surface area contributed by atoms with Crippen LogP contribution in [0.25, 0.3) is 10.9 Å². The van der Waals surface area contributed by atoms with Gasteiger partial charge in [-0.05, 0) is 51.9 Å². The lowest BCUT2D eigenvalue weighted by Crippen LogP contribution is -2.35. The molecule has 0 unspecified atom stereocenters. The number of nitrogens with zero attached hydrogens (tertiary/aromatic N) is 3. The zero-order chi connectivity index (χ0) is 15.2. The predicted octanol–water partition coefficient (Wildman–Crippen LogP) is 3.06. The Hall–Kier alpha value is -1.39. The van der Waals surface area contributed by atoms with Crippen LogP contribution in [0.1, 0.15) is 38.1 Å². The molecule has 0 saturated carbocycles. The van der Waals surface area contributed by atoms with E-state index in [9.17, 15) is 0 Å². The summed E-state index contributed by atoms with van der Waals surface area (Å²) in [5.41, 5.74) is 1.29. The minimum atomic E-state index is 0.570. The van der Waals surface area contributed by atoms with Crippen LogP contribution < -0.4 is 5.32 Å². The highest BCUT2D eigenvalue weighted by atomic mass is 15.3. The van der Waals surface area contributed by atoms with E-state index in [4.69, 9.17) is 0 Å². The smallest absolute Gasteiger partial charge is 0.0685 e. The number of para-hydroxylation sites is 1. The van der Waals surface area contributed by atoms with E-state index in [1.807, 2.05) is 13.2 Å². The van der Waals surface area contributed by atoms with Gasteiger partial charge in [-0.1, -0.05) is 24.6 Å². The Morgan fingerprint density at radius 1 is 1.14 bits per heavy atom. The van der Waals surface area contributed by atoms with Gasteiger partial charge in [0.05, 0.1) is 17.8 Å².